The van der Waals surface area contributed by atoms with Crippen LogP contribution >= 0.6 is 0 Å². The molecule has 0 rings (SSSR count). The third-order valence-electron chi connectivity index (χ3n) is 4.01. The van der Waals surface area contributed by atoms with Gasteiger partial charge >= 0.3 is 8.80 Å². The average molecular weight is 349 g/mol. The van der Waals surface area contributed by atoms with E-state index in [9.17, 15) is 0 Å². The molecule has 0 N–H and O–H groups in total. The van der Waals surface area contributed by atoms with Crippen LogP contribution in [0, 0.1) is 0 Å². The van der Waals surface area contributed by atoms with Crippen molar-refractivity contribution in [3.8, 4) is 0 Å². The molecule has 140 valence electrons. The topological polar surface area (TPSA) is 36.9 Å². The van der Waals surface area contributed by atoms with E-state index in [1.807, 2.05) is 20.8 Å². The van der Waals surface area contributed by atoms with Crippen LogP contribution in [0.25, 0.3) is 0 Å². The molecule has 0 saturated heterocycles. The minimum atomic E-state index is -2.52. The lowest BCUT2D eigenvalue weighted by Gasteiger charge is -2.31. The van der Waals surface area contributed by atoms with Crippen molar-refractivity contribution >= 4 is 8.80 Å². The SMILES string of the molecule is CCCCC(C)(CCC)OCCC[Si](OCC)(OCC)OCC. The number of hydrogen-bond donors (Lipinski definition) is 0. The van der Waals surface area contributed by atoms with Crippen LogP contribution in [0.3, 0.4) is 0 Å². The zero-order valence-electron chi connectivity index (χ0n) is 16.4. The second-order valence-corrected chi connectivity index (χ2v) is 8.97. The summed E-state index contributed by atoms with van der Waals surface area (Å²) in [4.78, 5) is 0. The van der Waals surface area contributed by atoms with Gasteiger partial charge in [-0.15, -0.1) is 0 Å². The van der Waals surface area contributed by atoms with Gasteiger partial charge in [0.15, 0.2) is 0 Å². The Bertz CT molecular complexity index is 259. The summed E-state index contributed by atoms with van der Waals surface area (Å²) in [6, 6.07) is 0.832. The summed E-state index contributed by atoms with van der Waals surface area (Å²) >= 11 is 0. The van der Waals surface area contributed by atoms with Crippen molar-refractivity contribution in [2.75, 3.05) is 26.4 Å². The molecule has 5 heteroatoms. The van der Waals surface area contributed by atoms with E-state index < -0.39 is 8.80 Å². The van der Waals surface area contributed by atoms with Gasteiger partial charge in [0.05, 0.1) is 5.60 Å². The Morgan fingerprint density at radius 3 is 1.74 bits per heavy atom. The molecule has 4 nitrogen and oxygen atoms in total. The lowest BCUT2D eigenvalue weighted by atomic mass is 9.93. The predicted octanol–water partition coefficient (Wildman–Crippen LogP) is 5.19. The van der Waals surface area contributed by atoms with E-state index in [-0.39, 0.29) is 5.60 Å². The first kappa shape index (κ1) is 23.1. The van der Waals surface area contributed by atoms with Crippen LogP contribution in [0.4, 0.5) is 0 Å². The summed E-state index contributed by atoms with van der Waals surface area (Å²) in [7, 11) is -2.52. The van der Waals surface area contributed by atoms with Gasteiger partial charge in [-0.2, -0.15) is 0 Å². The van der Waals surface area contributed by atoms with Crippen molar-refractivity contribution in [3.63, 3.8) is 0 Å². The Kier molecular flexibility index (Phi) is 13.4. The smallest absolute Gasteiger partial charge is 0.375 e. The van der Waals surface area contributed by atoms with Crippen LogP contribution in [-0.2, 0) is 18.0 Å². The highest BCUT2D eigenvalue weighted by Crippen LogP contribution is 2.26. The van der Waals surface area contributed by atoms with Gasteiger partial charge in [-0.3, -0.25) is 0 Å². The molecule has 23 heavy (non-hydrogen) atoms. The molecule has 0 spiro atoms. The van der Waals surface area contributed by atoms with Crippen molar-refractivity contribution in [1.82, 2.24) is 0 Å². The van der Waals surface area contributed by atoms with Crippen LogP contribution < -0.4 is 0 Å². The lowest BCUT2D eigenvalue weighted by molar-refractivity contribution is -0.0467. The number of rotatable bonds is 16. The predicted molar refractivity (Wildman–Crippen MR) is 98.8 cm³/mol. The zero-order valence-corrected chi connectivity index (χ0v) is 17.4. The molecule has 0 bridgehead atoms. The van der Waals surface area contributed by atoms with Crippen molar-refractivity contribution in [3.05, 3.63) is 0 Å². The van der Waals surface area contributed by atoms with Gasteiger partial charge in [-0.1, -0.05) is 33.1 Å². The number of ether oxygens (including phenoxy) is 1. The molecular formula is C18H40O4Si. The summed E-state index contributed by atoms with van der Waals surface area (Å²) in [6.45, 7) is 15.4. The van der Waals surface area contributed by atoms with E-state index in [1.54, 1.807) is 0 Å². The molecule has 0 fully saturated rings. The third-order valence-corrected chi connectivity index (χ3v) is 7.16. The molecule has 0 heterocycles. The zero-order chi connectivity index (χ0) is 17.6. The highest BCUT2D eigenvalue weighted by atomic mass is 28.4. The maximum atomic E-state index is 6.26. The highest BCUT2D eigenvalue weighted by Gasteiger charge is 2.39. The first-order valence-electron chi connectivity index (χ1n) is 9.57. The van der Waals surface area contributed by atoms with Gasteiger partial charge in [-0.05, 0) is 47.0 Å². The molecule has 1 unspecified atom stereocenters. The van der Waals surface area contributed by atoms with Gasteiger partial charge < -0.3 is 18.0 Å². The largest absolute Gasteiger partial charge is 0.501 e. The molecule has 0 saturated carbocycles. The molecule has 0 aromatic heterocycles. The third kappa shape index (κ3) is 9.82. The van der Waals surface area contributed by atoms with E-state index in [2.05, 4.69) is 20.8 Å². The normalized spacial score (nSPS) is 14.9. The van der Waals surface area contributed by atoms with Crippen LogP contribution in [0.1, 0.15) is 80.1 Å². The summed E-state index contributed by atoms with van der Waals surface area (Å²) in [5.74, 6) is 0. The molecule has 0 aromatic rings. The molecular weight excluding hydrogens is 308 g/mol. The van der Waals surface area contributed by atoms with E-state index in [1.165, 1.54) is 12.8 Å². The minimum absolute atomic E-state index is 0.0117. The van der Waals surface area contributed by atoms with E-state index in [0.717, 1.165) is 38.3 Å². The van der Waals surface area contributed by atoms with Crippen molar-refractivity contribution in [1.29, 1.82) is 0 Å². The summed E-state index contributed by atoms with van der Waals surface area (Å²) in [5, 5.41) is 0. The average Bonchev–Trinajstić information content (AvgIpc) is 2.51. The van der Waals surface area contributed by atoms with Crippen LogP contribution in [0.2, 0.25) is 6.04 Å². The summed E-state index contributed by atoms with van der Waals surface area (Å²) < 4.78 is 23.9. The molecule has 0 aromatic carbocycles. The second-order valence-electron chi connectivity index (χ2n) is 6.24. The van der Waals surface area contributed by atoms with Crippen LogP contribution in [0.5, 0.6) is 0 Å². The fraction of sp³-hybridized carbons (Fsp3) is 1.00. The van der Waals surface area contributed by atoms with Gasteiger partial charge in [0.2, 0.25) is 0 Å². The molecule has 0 aliphatic carbocycles. The van der Waals surface area contributed by atoms with E-state index in [4.69, 9.17) is 18.0 Å². The first-order chi connectivity index (χ1) is 11.0. The Morgan fingerprint density at radius 1 is 0.739 bits per heavy atom. The van der Waals surface area contributed by atoms with Crippen molar-refractivity contribution in [2.45, 2.75) is 91.7 Å². The first-order valence-corrected chi connectivity index (χ1v) is 11.5. The number of unbranched alkanes of at least 4 members (excludes halogenated alkanes) is 1. The lowest BCUT2D eigenvalue weighted by Crippen LogP contribution is -2.46. The highest BCUT2D eigenvalue weighted by molar-refractivity contribution is 6.60. The van der Waals surface area contributed by atoms with E-state index in [0.29, 0.717) is 19.8 Å². The monoisotopic (exact) mass is 348 g/mol. The van der Waals surface area contributed by atoms with Crippen molar-refractivity contribution < 1.29 is 18.0 Å². The summed E-state index contributed by atoms with van der Waals surface area (Å²) in [6.07, 6.45) is 6.80. The standard InChI is InChI=1S/C18H40O4Si/c1-7-12-15-18(6,14-8-2)19-16-13-17-23(20-9-3,21-10-4)22-11-5/h7-17H2,1-6H3. The fourth-order valence-electron chi connectivity index (χ4n) is 2.96. The van der Waals surface area contributed by atoms with Gasteiger partial charge in [0.1, 0.15) is 0 Å². The molecule has 1 atom stereocenters. The fourth-order valence-corrected chi connectivity index (χ4v) is 5.54. The maximum absolute atomic E-state index is 6.26. The molecule has 0 aliphatic rings. The Hall–Kier alpha value is 0.0569. The van der Waals surface area contributed by atoms with Crippen LogP contribution in [-0.4, -0.2) is 40.8 Å². The molecule has 0 radical (unpaired) electrons. The Morgan fingerprint density at radius 2 is 1.30 bits per heavy atom. The van der Waals surface area contributed by atoms with E-state index >= 15 is 0 Å². The molecule has 0 amide bonds. The maximum Gasteiger partial charge on any atom is 0.501 e. The second kappa shape index (κ2) is 13.4. The quantitative estimate of drug-likeness (QED) is 0.284. The van der Waals surface area contributed by atoms with Gasteiger partial charge in [0.25, 0.3) is 0 Å². The van der Waals surface area contributed by atoms with Crippen LogP contribution in [0.15, 0.2) is 0 Å². The van der Waals surface area contributed by atoms with Gasteiger partial charge in [0, 0.05) is 32.5 Å². The Balaban J connectivity index is 4.43. The summed E-state index contributed by atoms with van der Waals surface area (Å²) in [5.41, 5.74) is 0.0117. The van der Waals surface area contributed by atoms with Crippen molar-refractivity contribution in [2.24, 2.45) is 0 Å². The minimum Gasteiger partial charge on any atom is -0.375 e. The molecule has 0 aliphatic heterocycles. The van der Waals surface area contributed by atoms with Gasteiger partial charge in [-0.25, -0.2) is 0 Å². The Labute approximate surface area is 145 Å². The number of hydrogen-bond acceptors (Lipinski definition) is 4.